The van der Waals surface area contributed by atoms with Crippen LogP contribution in [-0.4, -0.2) is 19.0 Å². The lowest BCUT2D eigenvalue weighted by Crippen LogP contribution is -2.33. The van der Waals surface area contributed by atoms with E-state index in [0.717, 1.165) is 12.1 Å². The smallest absolute Gasteiger partial charge is 0.239 e. The Morgan fingerprint density at radius 1 is 1.03 bits per heavy atom. The minimum Gasteiger partial charge on any atom is -0.367 e. The zero-order chi connectivity index (χ0) is 23.1. The van der Waals surface area contributed by atoms with Crippen molar-refractivity contribution < 1.29 is 18.0 Å². The molecule has 166 valence electrons. The summed E-state index contributed by atoms with van der Waals surface area (Å²) in [6.07, 6.45) is -0.325. The molecule has 0 saturated heterocycles. The second-order valence-electron chi connectivity index (χ2n) is 8.44. The fraction of sp³-hybridized carbons (Fsp3) is 0.417. The van der Waals surface area contributed by atoms with Crippen LogP contribution in [0.2, 0.25) is 0 Å². The molecule has 0 aliphatic heterocycles. The van der Waals surface area contributed by atoms with E-state index in [-0.39, 0.29) is 41.7 Å². The molecule has 0 bridgehead atoms. The molecule has 7 heteroatoms. The van der Waals surface area contributed by atoms with Crippen molar-refractivity contribution in [2.75, 3.05) is 23.3 Å². The first kappa shape index (κ1) is 24.3. The molecule has 0 saturated carbocycles. The predicted molar refractivity (Wildman–Crippen MR) is 117 cm³/mol. The summed E-state index contributed by atoms with van der Waals surface area (Å²) in [6.45, 7) is 16.3. The maximum atomic E-state index is 15.2. The van der Waals surface area contributed by atoms with E-state index in [1.54, 1.807) is 6.07 Å². The monoisotopic (exact) mass is 431 g/mol. The van der Waals surface area contributed by atoms with E-state index >= 15 is 4.39 Å². The number of halogens is 3. The van der Waals surface area contributed by atoms with E-state index in [4.69, 9.17) is 6.57 Å². The third kappa shape index (κ3) is 7.02. The summed E-state index contributed by atoms with van der Waals surface area (Å²) in [5.74, 6) is -2.12. The summed E-state index contributed by atoms with van der Waals surface area (Å²) in [5, 5.41) is 2.68. The van der Waals surface area contributed by atoms with Gasteiger partial charge in [-0.15, -0.1) is 0 Å². The minimum absolute atomic E-state index is 0.0268. The lowest BCUT2D eigenvalue weighted by atomic mass is 10.1. The zero-order valence-corrected chi connectivity index (χ0v) is 18.3. The van der Waals surface area contributed by atoms with Crippen molar-refractivity contribution in [3.63, 3.8) is 0 Å². The Kier molecular flexibility index (Phi) is 8.49. The van der Waals surface area contributed by atoms with Crippen molar-refractivity contribution in [2.24, 2.45) is 11.8 Å². The summed E-state index contributed by atoms with van der Waals surface area (Å²) >= 11 is 0. The van der Waals surface area contributed by atoms with Gasteiger partial charge >= 0.3 is 0 Å². The van der Waals surface area contributed by atoms with Gasteiger partial charge < -0.3 is 15.1 Å². The molecule has 0 unspecified atom stereocenters. The van der Waals surface area contributed by atoms with Gasteiger partial charge in [-0.3, -0.25) is 4.79 Å². The molecule has 2 aromatic carbocycles. The van der Waals surface area contributed by atoms with Gasteiger partial charge in [0.05, 0.1) is 17.8 Å². The molecule has 0 aliphatic rings. The van der Waals surface area contributed by atoms with Crippen LogP contribution in [0.25, 0.3) is 4.85 Å². The molecule has 1 amide bonds. The van der Waals surface area contributed by atoms with E-state index in [1.807, 2.05) is 32.6 Å². The van der Waals surface area contributed by atoms with Crippen molar-refractivity contribution in [1.29, 1.82) is 0 Å². The van der Waals surface area contributed by atoms with Crippen molar-refractivity contribution in [2.45, 2.75) is 40.7 Å². The molecule has 2 aromatic rings. The van der Waals surface area contributed by atoms with Crippen LogP contribution in [0.4, 0.5) is 24.5 Å². The van der Waals surface area contributed by atoms with Gasteiger partial charge in [0, 0.05) is 24.7 Å². The van der Waals surface area contributed by atoms with E-state index in [0.29, 0.717) is 18.7 Å². The standard InChI is InChI=1S/C24H28F3N3O/c1-15(2)13-30(14-16(3)4)24-21(27)8-17(12-28-5)9-22(24)29-23(31)10-18-6-7-19(25)11-20(18)26/h6-9,11,15-16H,10,12-14H2,1-4H3,(H,29,31). The molecule has 0 heterocycles. The number of carbonyl (C=O) groups excluding carboxylic acids is 1. The second-order valence-corrected chi connectivity index (χ2v) is 8.44. The van der Waals surface area contributed by atoms with Crippen LogP contribution in [0.1, 0.15) is 38.8 Å². The van der Waals surface area contributed by atoms with Crippen LogP contribution in [0.5, 0.6) is 0 Å². The van der Waals surface area contributed by atoms with Gasteiger partial charge in [0.1, 0.15) is 17.5 Å². The number of nitrogens with zero attached hydrogens (tertiary/aromatic N) is 2. The Hall–Kier alpha value is -3.01. The molecule has 0 fully saturated rings. The highest BCUT2D eigenvalue weighted by Gasteiger charge is 2.22. The Labute approximate surface area is 181 Å². The lowest BCUT2D eigenvalue weighted by molar-refractivity contribution is -0.115. The van der Waals surface area contributed by atoms with Crippen LogP contribution >= 0.6 is 0 Å². The molecule has 4 nitrogen and oxygen atoms in total. The van der Waals surface area contributed by atoms with Crippen LogP contribution in [0, 0.1) is 35.9 Å². The molecule has 2 rings (SSSR count). The lowest BCUT2D eigenvalue weighted by Gasteiger charge is -2.31. The van der Waals surface area contributed by atoms with Crippen molar-refractivity contribution in [1.82, 2.24) is 0 Å². The number of benzene rings is 2. The molecular formula is C24H28F3N3O. The number of amides is 1. The molecule has 0 radical (unpaired) electrons. The van der Waals surface area contributed by atoms with Crippen LogP contribution in [0.15, 0.2) is 30.3 Å². The van der Waals surface area contributed by atoms with Crippen molar-refractivity contribution in [3.8, 4) is 0 Å². The molecule has 0 aliphatic carbocycles. The predicted octanol–water partition coefficient (Wildman–Crippen LogP) is 5.82. The SMILES string of the molecule is [C-]#[N+]Cc1cc(F)c(N(CC(C)C)CC(C)C)c(NC(=O)Cc2ccc(F)cc2F)c1. The Balaban J connectivity index is 2.42. The van der Waals surface area contributed by atoms with E-state index in [1.165, 1.54) is 12.1 Å². The summed E-state index contributed by atoms with van der Waals surface area (Å²) in [7, 11) is 0. The van der Waals surface area contributed by atoms with Crippen molar-refractivity contribution >= 4 is 17.3 Å². The fourth-order valence-corrected chi connectivity index (χ4v) is 3.43. The molecule has 0 atom stereocenters. The third-order valence-corrected chi connectivity index (χ3v) is 4.51. The van der Waals surface area contributed by atoms with E-state index < -0.39 is 23.4 Å². The highest BCUT2D eigenvalue weighted by molar-refractivity contribution is 5.96. The summed E-state index contributed by atoms with van der Waals surface area (Å²) in [6, 6.07) is 5.92. The number of carbonyl (C=O) groups is 1. The fourth-order valence-electron chi connectivity index (χ4n) is 3.43. The topological polar surface area (TPSA) is 36.7 Å². The van der Waals surface area contributed by atoms with E-state index in [9.17, 15) is 13.6 Å². The normalized spacial score (nSPS) is 11.0. The van der Waals surface area contributed by atoms with Gasteiger partial charge in [-0.1, -0.05) is 33.8 Å². The van der Waals surface area contributed by atoms with Gasteiger partial charge in [-0.05, 0) is 35.6 Å². The first-order valence-electron chi connectivity index (χ1n) is 10.2. The second kappa shape index (κ2) is 10.9. The van der Waals surface area contributed by atoms with Crippen molar-refractivity contribution in [3.05, 3.63) is 70.3 Å². The molecule has 31 heavy (non-hydrogen) atoms. The van der Waals surface area contributed by atoms with E-state index in [2.05, 4.69) is 10.2 Å². The summed E-state index contributed by atoms with van der Waals surface area (Å²) in [4.78, 5) is 17.8. The highest BCUT2D eigenvalue weighted by atomic mass is 19.1. The number of anilines is 2. The van der Waals surface area contributed by atoms with Gasteiger partial charge in [-0.2, -0.15) is 0 Å². The van der Waals surface area contributed by atoms with Crippen LogP contribution < -0.4 is 10.2 Å². The quantitative estimate of drug-likeness (QED) is 0.508. The maximum absolute atomic E-state index is 15.2. The Bertz CT molecular complexity index is 957. The van der Waals surface area contributed by atoms with Crippen LogP contribution in [-0.2, 0) is 17.8 Å². The number of hydrogen-bond donors (Lipinski definition) is 1. The van der Waals surface area contributed by atoms with Gasteiger partial charge in [-0.25, -0.2) is 19.7 Å². The first-order chi connectivity index (χ1) is 14.6. The Morgan fingerprint density at radius 3 is 2.23 bits per heavy atom. The molecule has 0 spiro atoms. The zero-order valence-electron chi connectivity index (χ0n) is 18.3. The van der Waals surface area contributed by atoms with Gasteiger partial charge in [0.2, 0.25) is 12.5 Å². The largest absolute Gasteiger partial charge is 0.367 e. The summed E-state index contributed by atoms with van der Waals surface area (Å²) < 4.78 is 42.3. The maximum Gasteiger partial charge on any atom is 0.239 e. The number of nitrogens with one attached hydrogen (secondary N) is 1. The third-order valence-electron chi connectivity index (χ3n) is 4.51. The van der Waals surface area contributed by atoms with Gasteiger partial charge in [0.25, 0.3) is 0 Å². The molecule has 0 aromatic heterocycles. The highest BCUT2D eigenvalue weighted by Crippen LogP contribution is 2.33. The Morgan fingerprint density at radius 2 is 1.68 bits per heavy atom. The molecular weight excluding hydrogens is 403 g/mol. The number of rotatable bonds is 9. The summed E-state index contributed by atoms with van der Waals surface area (Å²) in [5.41, 5.74) is 0.976. The minimum atomic E-state index is -0.815. The number of hydrogen-bond acceptors (Lipinski definition) is 2. The van der Waals surface area contributed by atoms with Crippen LogP contribution in [0.3, 0.4) is 0 Å². The van der Waals surface area contributed by atoms with Gasteiger partial charge in [0.15, 0.2) is 0 Å². The average molecular weight is 432 g/mol. The molecule has 1 N–H and O–H groups in total. The average Bonchev–Trinajstić information content (AvgIpc) is 2.63. The first-order valence-corrected chi connectivity index (χ1v) is 10.2.